The van der Waals surface area contributed by atoms with Crippen molar-refractivity contribution in [3.05, 3.63) is 29.3 Å². The van der Waals surface area contributed by atoms with Crippen molar-refractivity contribution in [1.29, 1.82) is 0 Å². The number of carbonyl (C=O) groups excluding carboxylic acids is 1. The van der Waals surface area contributed by atoms with Gasteiger partial charge < -0.3 is 10.4 Å². The van der Waals surface area contributed by atoms with Crippen LogP contribution >= 0.6 is 0 Å². The minimum Gasteiger partial charge on any atom is -0.508 e. The summed E-state index contributed by atoms with van der Waals surface area (Å²) in [5.74, 6) is 1.07. The summed E-state index contributed by atoms with van der Waals surface area (Å²) < 4.78 is 0. The lowest BCUT2D eigenvalue weighted by Gasteiger charge is -2.10. The number of phenolic OH excluding ortho intramolecular Hbond substituents is 1. The number of hydrogen-bond donors (Lipinski definition) is 2. The summed E-state index contributed by atoms with van der Waals surface area (Å²) in [6.07, 6.45) is 7.78. The van der Waals surface area contributed by atoms with Gasteiger partial charge in [-0.1, -0.05) is 25.7 Å². The molecule has 1 fully saturated rings. The van der Waals surface area contributed by atoms with Gasteiger partial charge in [-0.05, 0) is 49.4 Å². The Morgan fingerprint density at radius 1 is 1.37 bits per heavy atom. The normalized spacial score (nSPS) is 15.6. The second-order valence-corrected chi connectivity index (χ2v) is 5.55. The van der Waals surface area contributed by atoms with Crippen molar-refractivity contribution in [3.63, 3.8) is 0 Å². The number of nitrogens with one attached hydrogen (secondary N) is 1. The van der Waals surface area contributed by atoms with Gasteiger partial charge >= 0.3 is 0 Å². The van der Waals surface area contributed by atoms with Gasteiger partial charge in [0.15, 0.2) is 0 Å². The number of rotatable bonds is 5. The van der Waals surface area contributed by atoms with Crippen LogP contribution in [0.25, 0.3) is 0 Å². The van der Waals surface area contributed by atoms with Gasteiger partial charge in [0.1, 0.15) is 5.75 Å². The van der Waals surface area contributed by atoms with Crippen LogP contribution in [0, 0.1) is 12.8 Å². The third-order valence-corrected chi connectivity index (χ3v) is 4.01. The van der Waals surface area contributed by atoms with E-state index in [4.69, 9.17) is 0 Å². The first-order valence-corrected chi connectivity index (χ1v) is 7.24. The van der Waals surface area contributed by atoms with E-state index in [1.807, 2.05) is 0 Å². The number of hydrogen-bond acceptors (Lipinski definition) is 2. The molecule has 1 aliphatic carbocycles. The predicted octanol–water partition coefficient (Wildman–Crippen LogP) is 3.40. The van der Waals surface area contributed by atoms with Crippen molar-refractivity contribution in [2.75, 3.05) is 6.54 Å². The number of benzene rings is 1. The Labute approximate surface area is 115 Å². The molecule has 1 amide bonds. The smallest absolute Gasteiger partial charge is 0.251 e. The lowest BCUT2D eigenvalue weighted by atomic mass is 10.0. The van der Waals surface area contributed by atoms with E-state index in [0.29, 0.717) is 5.56 Å². The first-order chi connectivity index (χ1) is 9.16. The number of aryl methyl sites for hydroxylation is 1. The molecule has 3 nitrogen and oxygen atoms in total. The molecule has 0 bridgehead atoms. The highest BCUT2D eigenvalue weighted by Gasteiger charge is 2.14. The molecular weight excluding hydrogens is 238 g/mol. The Kier molecular flexibility index (Phi) is 4.83. The fraction of sp³-hybridized carbons (Fsp3) is 0.562. The predicted molar refractivity (Wildman–Crippen MR) is 76.4 cm³/mol. The maximum Gasteiger partial charge on any atom is 0.251 e. The topological polar surface area (TPSA) is 49.3 Å². The van der Waals surface area contributed by atoms with Crippen LogP contribution in [0.3, 0.4) is 0 Å². The summed E-state index contributed by atoms with van der Waals surface area (Å²) in [6, 6.07) is 4.96. The third kappa shape index (κ3) is 3.98. The third-order valence-electron chi connectivity index (χ3n) is 4.01. The molecule has 1 saturated carbocycles. The molecule has 0 atom stereocenters. The summed E-state index contributed by atoms with van der Waals surface area (Å²) >= 11 is 0. The SMILES string of the molecule is Cc1cc(C(=O)NCCCC2CCCC2)ccc1O. The van der Waals surface area contributed by atoms with Crippen LogP contribution in [0.4, 0.5) is 0 Å². The van der Waals surface area contributed by atoms with Crippen molar-refractivity contribution in [1.82, 2.24) is 5.32 Å². The lowest BCUT2D eigenvalue weighted by Crippen LogP contribution is -2.24. The van der Waals surface area contributed by atoms with E-state index in [-0.39, 0.29) is 11.7 Å². The Morgan fingerprint density at radius 2 is 2.11 bits per heavy atom. The van der Waals surface area contributed by atoms with Gasteiger partial charge in [-0.3, -0.25) is 4.79 Å². The number of aromatic hydroxyl groups is 1. The van der Waals surface area contributed by atoms with E-state index in [2.05, 4.69) is 5.32 Å². The average Bonchev–Trinajstić information content (AvgIpc) is 2.91. The molecule has 0 unspecified atom stereocenters. The minimum absolute atomic E-state index is 0.0467. The van der Waals surface area contributed by atoms with Crippen LogP contribution in [0.1, 0.15) is 54.4 Å². The van der Waals surface area contributed by atoms with Crippen LogP contribution in [-0.2, 0) is 0 Å². The summed E-state index contributed by atoms with van der Waals surface area (Å²) in [7, 11) is 0. The Morgan fingerprint density at radius 3 is 2.79 bits per heavy atom. The zero-order valence-corrected chi connectivity index (χ0v) is 11.6. The molecule has 0 aromatic heterocycles. The standard InChI is InChI=1S/C16H23NO2/c1-12-11-14(8-9-15(12)18)16(19)17-10-4-7-13-5-2-3-6-13/h8-9,11,13,18H,2-7,10H2,1H3,(H,17,19). The van der Waals surface area contributed by atoms with Crippen molar-refractivity contribution >= 4 is 5.91 Å². The van der Waals surface area contributed by atoms with E-state index in [9.17, 15) is 9.90 Å². The van der Waals surface area contributed by atoms with E-state index < -0.39 is 0 Å². The maximum atomic E-state index is 11.9. The van der Waals surface area contributed by atoms with Crippen LogP contribution < -0.4 is 5.32 Å². The number of carbonyl (C=O) groups is 1. The van der Waals surface area contributed by atoms with Gasteiger partial charge in [-0.2, -0.15) is 0 Å². The number of phenols is 1. The Bertz CT molecular complexity index is 436. The van der Waals surface area contributed by atoms with Crippen molar-refractivity contribution in [2.45, 2.75) is 45.4 Å². The maximum absolute atomic E-state index is 11.9. The molecule has 0 saturated heterocycles. The zero-order chi connectivity index (χ0) is 13.7. The van der Waals surface area contributed by atoms with E-state index in [1.54, 1.807) is 25.1 Å². The van der Waals surface area contributed by atoms with Crippen molar-refractivity contribution < 1.29 is 9.90 Å². The van der Waals surface area contributed by atoms with Gasteiger partial charge in [-0.15, -0.1) is 0 Å². The highest BCUT2D eigenvalue weighted by atomic mass is 16.3. The summed E-state index contributed by atoms with van der Waals surface area (Å²) in [5.41, 5.74) is 1.36. The molecule has 1 aromatic rings. The van der Waals surface area contributed by atoms with E-state index in [1.165, 1.54) is 32.1 Å². The second-order valence-electron chi connectivity index (χ2n) is 5.55. The molecule has 1 aliphatic rings. The lowest BCUT2D eigenvalue weighted by molar-refractivity contribution is 0.0952. The summed E-state index contributed by atoms with van der Waals surface area (Å²) in [4.78, 5) is 11.9. The number of amides is 1. The monoisotopic (exact) mass is 261 g/mol. The molecule has 19 heavy (non-hydrogen) atoms. The molecule has 1 aromatic carbocycles. The van der Waals surface area contributed by atoms with Crippen molar-refractivity contribution in [2.24, 2.45) is 5.92 Å². The van der Waals surface area contributed by atoms with Gasteiger partial charge in [0.05, 0.1) is 0 Å². The van der Waals surface area contributed by atoms with Crippen molar-refractivity contribution in [3.8, 4) is 5.75 Å². The second kappa shape index (κ2) is 6.60. The molecule has 2 rings (SSSR count). The van der Waals surface area contributed by atoms with Crippen LogP contribution in [0.5, 0.6) is 5.75 Å². The molecule has 104 valence electrons. The Balaban J connectivity index is 1.72. The fourth-order valence-electron chi connectivity index (χ4n) is 2.79. The Hall–Kier alpha value is -1.51. The molecule has 0 aliphatic heterocycles. The summed E-state index contributed by atoms with van der Waals surface area (Å²) in [6.45, 7) is 2.54. The van der Waals surface area contributed by atoms with Gasteiger partial charge in [-0.25, -0.2) is 0 Å². The van der Waals surface area contributed by atoms with Gasteiger partial charge in [0.25, 0.3) is 5.91 Å². The fourth-order valence-corrected chi connectivity index (χ4v) is 2.79. The van der Waals surface area contributed by atoms with Gasteiger partial charge in [0.2, 0.25) is 0 Å². The van der Waals surface area contributed by atoms with E-state index in [0.717, 1.165) is 24.4 Å². The minimum atomic E-state index is -0.0467. The highest BCUT2D eigenvalue weighted by molar-refractivity contribution is 5.94. The zero-order valence-electron chi connectivity index (χ0n) is 11.6. The molecule has 0 spiro atoms. The molecule has 3 heteroatoms. The summed E-state index contributed by atoms with van der Waals surface area (Å²) in [5, 5.41) is 12.4. The quantitative estimate of drug-likeness (QED) is 0.798. The van der Waals surface area contributed by atoms with Crippen LogP contribution in [0.15, 0.2) is 18.2 Å². The molecule has 2 N–H and O–H groups in total. The molecular formula is C16H23NO2. The average molecular weight is 261 g/mol. The van der Waals surface area contributed by atoms with Gasteiger partial charge in [0, 0.05) is 12.1 Å². The van der Waals surface area contributed by atoms with E-state index >= 15 is 0 Å². The first kappa shape index (κ1) is 13.9. The largest absolute Gasteiger partial charge is 0.508 e. The highest BCUT2D eigenvalue weighted by Crippen LogP contribution is 2.28. The molecule has 0 heterocycles. The van der Waals surface area contributed by atoms with Crippen LogP contribution in [-0.4, -0.2) is 17.6 Å². The molecule has 0 radical (unpaired) electrons. The van der Waals surface area contributed by atoms with Crippen LogP contribution in [0.2, 0.25) is 0 Å². The first-order valence-electron chi connectivity index (χ1n) is 7.24.